The number of piperazine rings is 1. The fraction of sp³-hybridized carbons (Fsp3) is 0.632. The third-order valence-corrected chi connectivity index (χ3v) is 5.08. The molecule has 0 spiro atoms. The molecule has 0 radical (unpaired) electrons. The number of ether oxygens (including phenoxy) is 1. The minimum Gasteiger partial charge on any atom is -0.497 e. The molecule has 1 aliphatic heterocycles. The predicted molar refractivity (Wildman–Crippen MR) is 110 cm³/mol. The van der Waals surface area contributed by atoms with E-state index in [1.807, 2.05) is 18.2 Å². The molecule has 2 rings (SSSR count). The maximum Gasteiger partial charge on any atom is 0.191 e. The number of aliphatic imine (C=N–C) groups is 1. The summed E-state index contributed by atoms with van der Waals surface area (Å²) >= 11 is 6.31. The number of halogens is 1. The molecule has 1 fully saturated rings. The molecule has 0 aliphatic carbocycles. The van der Waals surface area contributed by atoms with Crippen molar-refractivity contribution in [3.05, 3.63) is 28.8 Å². The largest absolute Gasteiger partial charge is 0.497 e. The first-order chi connectivity index (χ1) is 12.5. The van der Waals surface area contributed by atoms with E-state index in [-0.39, 0.29) is 0 Å². The van der Waals surface area contributed by atoms with Gasteiger partial charge in [-0.05, 0) is 45.1 Å². The van der Waals surface area contributed by atoms with E-state index in [9.17, 15) is 0 Å². The van der Waals surface area contributed by atoms with E-state index in [2.05, 4.69) is 41.5 Å². The van der Waals surface area contributed by atoms with Gasteiger partial charge in [-0.25, -0.2) is 0 Å². The van der Waals surface area contributed by atoms with Gasteiger partial charge in [0.1, 0.15) is 5.75 Å². The van der Waals surface area contributed by atoms with E-state index in [1.165, 1.54) is 0 Å². The van der Waals surface area contributed by atoms with Gasteiger partial charge in [0.2, 0.25) is 0 Å². The molecule has 0 aromatic heterocycles. The third-order valence-electron chi connectivity index (χ3n) is 4.73. The summed E-state index contributed by atoms with van der Waals surface area (Å²) in [5, 5.41) is 7.46. The summed E-state index contributed by atoms with van der Waals surface area (Å²) in [4.78, 5) is 9.54. The van der Waals surface area contributed by atoms with Gasteiger partial charge in [0.25, 0.3) is 0 Å². The topological polar surface area (TPSA) is 52.1 Å². The maximum atomic E-state index is 6.31. The number of hydrogen-bond acceptors (Lipinski definition) is 4. The van der Waals surface area contributed by atoms with Gasteiger partial charge in [-0.3, -0.25) is 9.89 Å². The summed E-state index contributed by atoms with van der Waals surface area (Å²) < 4.78 is 5.19. The smallest absolute Gasteiger partial charge is 0.191 e. The lowest BCUT2D eigenvalue weighted by atomic mass is 10.1. The first-order valence-electron chi connectivity index (χ1n) is 9.26. The molecule has 2 N–H and O–H groups in total. The lowest BCUT2D eigenvalue weighted by Gasteiger charge is -2.36. The second-order valence-electron chi connectivity index (χ2n) is 6.75. The molecule has 0 bridgehead atoms. The van der Waals surface area contributed by atoms with Crippen LogP contribution in [0.2, 0.25) is 5.02 Å². The molecule has 7 heteroatoms. The highest BCUT2D eigenvalue weighted by Crippen LogP contribution is 2.22. The van der Waals surface area contributed by atoms with Gasteiger partial charge in [-0.15, -0.1) is 0 Å². The lowest BCUT2D eigenvalue weighted by molar-refractivity contribution is 0.119. The highest BCUT2D eigenvalue weighted by Gasteiger charge is 2.21. The molecule has 1 saturated heterocycles. The number of hydrogen-bond donors (Lipinski definition) is 2. The Morgan fingerprint density at radius 3 is 2.81 bits per heavy atom. The highest BCUT2D eigenvalue weighted by atomic mass is 35.5. The number of nitrogens with one attached hydrogen (secondary N) is 2. The van der Waals surface area contributed by atoms with Crippen molar-refractivity contribution in [2.75, 3.05) is 60.5 Å². The van der Waals surface area contributed by atoms with Crippen LogP contribution in [-0.2, 0) is 6.42 Å². The number of nitrogens with zero attached hydrogens (tertiary/aromatic N) is 3. The molecule has 1 aromatic rings. The van der Waals surface area contributed by atoms with E-state index in [0.717, 1.165) is 68.0 Å². The third kappa shape index (κ3) is 6.34. The fourth-order valence-electron chi connectivity index (χ4n) is 3.01. The Kier molecular flexibility index (Phi) is 8.48. The maximum absolute atomic E-state index is 6.31. The predicted octanol–water partition coefficient (Wildman–Crippen LogP) is 1.69. The number of methoxy groups -OCH3 is 1. The normalized spacial score (nSPS) is 19.4. The van der Waals surface area contributed by atoms with Crippen molar-refractivity contribution in [2.45, 2.75) is 19.4 Å². The molecule has 26 heavy (non-hydrogen) atoms. The quantitative estimate of drug-likeness (QED) is 0.556. The molecule has 0 amide bonds. The number of rotatable bonds is 7. The molecule has 1 aliphatic rings. The Labute approximate surface area is 162 Å². The summed E-state index contributed by atoms with van der Waals surface area (Å²) in [6.07, 6.45) is 0.833. The van der Waals surface area contributed by atoms with Gasteiger partial charge in [0, 0.05) is 43.8 Å². The van der Waals surface area contributed by atoms with Crippen LogP contribution >= 0.6 is 11.6 Å². The SMILES string of the molecule is CCNC(=NCC1CN(C)CCN1C)NCCc1ccc(OC)cc1Cl. The van der Waals surface area contributed by atoms with Gasteiger partial charge < -0.3 is 20.3 Å². The minimum absolute atomic E-state index is 0.459. The van der Waals surface area contributed by atoms with Crippen LogP contribution in [0.5, 0.6) is 5.75 Å². The Morgan fingerprint density at radius 2 is 2.12 bits per heavy atom. The summed E-state index contributed by atoms with van der Waals surface area (Å²) in [7, 11) is 6.00. The van der Waals surface area contributed by atoms with E-state index in [0.29, 0.717) is 6.04 Å². The van der Waals surface area contributed by atoms with E-state index < -0.39 is 0 Å². The molecule has 146 valence electrons. The Morgan fingerprint density at radius 1 is 1.31 bits per heavy atom. The average molecular weight is 382 g/mol. The van der Waals surface area contributed by atoms with Crippen molar-refractivity contribution >= 4 is 17.6 Å². The summed E-state index contributed by atoms with van der Waals surface area (Å²) in [5.41, 5.74) is 1.10. The van der Waals surface area contributed by atoms with Crippen LogP contribution in [0, 0.1) is 0 Å². The van der Waals surface area contributed by atoms with Crippen LogP contribution in [0.3, 0.4) is 0 Å². The fourth-order valence-corrected chi connectivity index (χ4v) is 3.28. The molecule has 1 atom stereocenters. The van der Waals surface area contributed by atoms with E-state index >= 15 is 0 Å². The zero-order valence-electron chi connectivity index (χ0n) is 16.4. The Bertz CT molecular complexity index is 595. The highest BCUT2D eigenvalue weighted by molar-refractivity contribution is 6.31. The number of guanidine groups is 1. The monoisotopic (exact) mass is 381 g/mol. The number of benzene rings is 1. The van der Waals surface area contributed by atoms with Crippen LogP contribution < -0.4 is 15.4 Å². The van der Waals surface area contributed by atoms with Crippen LogP contribution in [0.1, 0.15) is 12.5 Å². The van der Waals surface area contributed by atoms with Gasteiger partial charge in [-0.1, -0.05) is 17.7 Å². The first kappa shape index (κ1) is 20.8. The van der Waals surface area contributed by atoms with Crippen molar-refractivity contribution in [3.63, 3.8) is 0 Å². The second kappa shape index (κ2) is 10.6. The van der Waals surface area contributed by atoms with Crippen molar-refractivity contribution in [3.8, 4) is 5.75 Å². The van der Waals surface area contributed by atoms with Crippen LogP contribution in [0.25, 0.3) is 0 Å². The Hall–Kier alpha value is -1.50. The standard InChI is InChI=1S/C19H32ClN5O/c1-5-21-19(23-13-16-14-24(2)10-11-25(16)3)22-9-8-15-6-7-17(26-4)12-18(15)20/h6-7,12,16H,5,8-11,13-14H2,1-4H3,(H2,21,22,23). The summed E-state index contributed by atoms with van der Waals surface area (Å²) in [5.74, 6) is 1.64. The molecule has 0 saturated carbocycles. The van der Waals surface area contributed by atoms with Gasteiger partial charge in [-0.2, -0.15) is 0 Å². The molecule has 1 heterocycles. The zero-order chi connectivity index (χ0) is 18.9. The van der Waals surface area contributed by atoms with Crippen LogP contribution in [-0.4, -0.2) is 82.3 Å². The average Bonchev–Trinajstić information content (AvgIpc) is 2.63. The van der Waals surface area contributed by atoms with Crippen molar-refractivity contribution in [1.29, 1.82) is 0 Å². The molecule has 1 unspecified atom stereocenters. The van der Waals surface area contributed by atoms with Gasteiger partial charge in [0.05, 0.1) is 13.7 Å². The molecule has 1 aromatic carbocycles. The van der Waals surface area contributed by atoms with Crippen molar-refractivity contribution in [2.24, 2.45) is 4.99 Å². The Balaban J connectivity index is 1.87. The summed E-state index contributed by atoms with van der Waals surface area (Å²) in [6, 6.07) is 6.27. The number of likely N-dealkylation sites (N-methyl/N-ethyl adjacent to an activating group) is 2. The first-order valence-corrected chi connectivity index (χ1v) is 9.64. The van der Waals surface area contributed by atoms with Crippen molar-refractivity contribution < 1.29 is 4.74 Å². The molecular weight excluding hydrogens is 350 g/mol. The van der Waals surface area contributed by atoms with Crippen LogP contribution in [0.4, 0.5) is 0 Å². The zero-order valence-corrected chi connectivity index (χ0v) is 17.1. The van der Waals surface area contributed by atoms with Gasteiger partial charge >= 0.3 is 0 Å². The minimum atomic E-state index is 0.459. The second-order valence-corrected chi connectivity index (χ2v) is 7.16. The van der Waals surface area contributed by atoms with Crippen molar-refractivity contribution in [1.82, 2.24) is 20.4 Å². The van der Waals surface area contributed by atoms with E-state index in [4.69, 9.17) is 21.3 Å². The van der Waals surface area contributed by atoms with E-state index in [1.54, 1.807) is 7.11 Å². The van der Waals surface area contributed by atoms with Crippen LogP contribution in [0.15, 0.2) is 23.2 Å². The summed E-state index contributed by atoms with van der Waals surface area (Å²) in [6.45, 7) is 7.76. The lowest BCUT2D eigenvalue weighted by Crippen LogP contribution is -2.51. The van der Waals surface area contributed by atoms with Gasteiger partial charge in [0.15, 0.2) is 5.96 Å². The molecular formula is C19H32ClN5O. The molecule has 6 nitrogen and oxygen atoms in total.